The molecule has 1 aromatic rings. The van der Waals surface area contributed by atoms with E-state index in [9.17, 15) is 4.79 Å². The van der Waals surface area contributed by atoms with Gasteiger partial charge in [-0.05, 0) is 0 Å². The van der Waals surface area contributed by atoms with Crippen LogP contribution in [0.1, 0.15) is 0 Å². The summed E-state index contributed by atoms with van der Waals surface area (Å²) in [6, 6.07) is 1.50. The smallest absolute Gasteiger partial charge is 0.322 e. The molecular weight excluding hydrogens is 182 g/mol. The molecule has 0 saturated carbocycles. The molecule has 64 valence electrons. The number of carboxylic acids is 1. The molecule has 0 aliphatic heterocycles. The van der Waals surface area contributed by atoms with Gasteiger partial charge in [0, 0.05) is 6.07 Å². The number of carbonyl (C=O) groups is 1. The standard InChI is InChI=1S/C6H6ClN3O2/c7-4-1-5(10-9-2-4)8-3-6(11)12/h1-2H,3H2,(H,8,10)(H,11,12). The summed E-state index contributed by atoms with van der Waals surface area (Å²) in [5.74, 6) is -0.610. The number of aromatic nitrogens is 2. The second-order valence-electron chi connectivity index (χ2n) is 2.01. The van der Waals surface area contributed by atoms with Crippen LogP contribution >= 0.6 is 11.6 Å². The molecule has 0 aromatic carbocycles. The first-order valence-electron chi connectivity index (χ1n) is 3.12. The van der Waals surface area contributed by atoms with Gasteiger partial charge in [-0.15, -0.1) is 5.10 Å². The zero-order valence-corrected chi connectivity index (χ0v) is 6.75. The van der Waals surface area contributed by atoms with Gasteiger partial charge in [0.05, 0.1) is 11.2 Å². The number of rotatable bonds is 3. The predicted molar refractivity (Wildman–Crippen MR) is 43.2 cm³/mol. The molecule has 1 heterocycles. The van der Waals surface area contributed by atoms with E-state index in [4.69, 9.17) is 16.7 Å². The zero-order valence-electron chi connectivity index (χ0n) is 5.99. The van der Waals surface area contributed by atoms with Crippen molar-refractivity contribution in [3.05, 3.63) is 17.3 Å². The molecule has 12 heavy (non-hydrogen) atoms. The van der Waals surface area contributed by atoms with E-state index < -0.39 is 5.97 Å². The first kappa shape index (κ1) is 8.73. The normalized spacial score (nSPS) is 9.42. The topological polar surface area (TPSA) is 75.1 Å². The average Bonchev–Trinajstić information content (AvgIpc) is 2.01. The molecule has 0 aliphatic carbocycles. The first-order chi connectivity index (χ1) is 5.68. The number of anilines is 1. The van der Waals surface area contributed by atoms with E-state index in [-0.39, 0.29) is 6.54 Å². The molecule has 0 amide bonds. The Hall–Kier alpha value is -1.36. The van der Waals surface area contributed by atoms with Gasteiger partial charge in [-0.25, -0.2) is 0 Å². The molecule has 0 aliphatic rings. The minimum Gasteiger partial charge on any atom is -0.480 e. The Morgan fingerprint density at radius 1 is 1.75 bits per heavy atom. The molecule has 0 spiro atoms. The van der Waals surface area contributed by atoms with Crippen LogP contribution in [0.5, 0.6) is 0 Å². The zero-order chi connectivity index (χ0) is 8.97. The highest BCUT2D eigenvalue weighted by Gasteiger charge is 1.98. The molecule has 0 radical (unpaired) electrons. The second kappa shape index (κ2) is 3.87. The number of hydrogen-bond donors (Lipinski definition) is 2. The van der Waals surface area contributed by atoms with Crippen LogP contribution < -0.4 is 5.32 Å². The van der Waals surface area contributed by atoms with E-state index in [1.165, 1.54) is 12.3 Å². The molecule has 2 N–H and O–H groups in total. The highest BCUT2D eigenvalue weighted by atomic mass is 35.5. The minimum absolute atomic E-state index is 0.199. The van der Waals surface area contributed by atoms with Crippen molar-refractivity contribution in [2.24, 2.45) is 0 Å². The summed E-state index contributed by atoms with van der Waals surface area (Å²) >= 11 is 5.57. The van der Waals surface area contributed by atoms with Crippen molar-refractivity contribution in [1.82, 2.24) is 10.2 Å². The van der Waals surface area contributed by atoms with Crippen LogP contribution in [0.3, 0.4) is 0 Å². The van der Waals surface area contributed by atoms with Crippen molar-refractivity contribution >= 4 is 23.4 Å². The van der Waals surface area contributed by atoms with Gasteiger partial charge < -0.3 is 10.4 Å². The fourth-order valence-corrected chi connectivity index (χ4v) is 0.743. The Bertz CT molecular complexity index is 292. The van der Waals surface area contributed by atoms with E-state index >= 15 is 0 Å². The molecule has 0 unspecified atom stereocenters. The Morgan fingerprint density at radius 3 is 3.08 bits per heavy atom. The van der Waals surface area contributed by atoms with Crippen molar-refractivity contribution in [2.45, 2.75) is 0 Å². The predicted octanol–water partition coefficient (Wildman–Crippen LogP) is 0.627. The van der Waals surface area contributed by atoms with E-state index in [0.29, 0.717) is 10.8 Å². The first-order valence-corrected chi connectivity index (χ1v) is 3.50. The number of aliphatic carboxylic acids is 1. The van der Waals surface area contributed by atoms with E-state index in [1.54, 1.807) is 0 Å². The number of nitrogens with zero attached hydrogens (tertiary/aromatic N) is 2. The fourth-order valence-electron chi connectivity index (χ4n) is 0.596. The molecule has 0 fully saturated rings. The lowest BCUT2D eigenvalue weighted by molar-refractivity contribution is -0.134. The summed E-state index contributed by atoms with van der Waals surface area (Å²) in [5.41, 5.74) is 0. The van der Waals surface area contributed by atoms with Gasteiger partial charge >= 0.3 is 5.97 Å². The number of carboxylic acid groups (broad SMARTS) is 1. The Labute approximate surface area is 73.4 Å². The summed E-state index contributed by atoms with van der Waals surface area (Å²) in [6.45, 7) is -0.199. The fraction of sp³-hybridized carbons (Fsp3) is 0.167. The quantitative estimate of drug-likeness (QED) is 0.726. The SMILES string of the molecule is O=C(O)CNc1cc(Cl)cnn1. The Morgan fingerprint density at radius 2 is 2.50 bits per heavy atom. The largest absolute Gasteiger partial charge is 0.480 e. The van der Waals surface area contributed by atoms with Crippen LogP contribution in [0.2, 0.25) is 5.02 Å². The number of hydrogen-bond acceptors (Lipinski definition) is 4. The lowest BCUT2D eigenvalue weighted by Gasteiger charge is -1.99. The van der Waals surface area contributed by atoms with Crippen molar-refractivity contribution < 1.29 is 9.90 Å². The minimum atomic E-state index is -0.961. The summed E-state index contributed by atoms with van der Waals surface area (Å²) in [5, 5.41) is 18.4. The third-order valence-corrected chi connectivity index (χ3v) is 1.25. The van der Waals surface area contributed by atoms with Crippen molar-refractivity contribution in [1.29, 1.82) is 0 Å². The van der Waals surface area contributed by atoms with E-state index in [1.807, 2.05) is 0 Å². The molecule has 1 aromatic heterocycles. The van der Waals surface area contributed by atoms with Gasteiger partial charge in [0.1, 0.15) is 6.54 Å². The lowest BCUT2D eigenvalue weighted by atomic mass is 10.5. The monoisotopic (exact) mass is 187 g/mol. The van der Waals surface area contributed by atoms with Crippen LogP contribution in [0.4, 0.5) is 5.82 Å². The van der Waals surface area contributed by atoms with Gasteiger partial charge in [-0.1, -0.05) is 11.6 Å². The van der Waals surface area contributed by atoms with E-state index in [2.05, 4.69) is 15.5 Å². The van der Waals surface area contributed by atoms with Gasteiger partial charge in [-0.2, -0.15) is 5.10 Å². The average molecular weight is 188 g/mol. The molecule has 0 saturated heterocycles. The summed E-state index contributed by atoms with van der Waals surface area (Å²) in [4.78, 5) is 10.1. The van der Waals surface area contributed by atoms with Crippen LogP contribution in [0, 0.1) is 0 Å². The Kier molecular flexibility index (Phi) is 2.82. The van der Waals surface area contributed by atoms with Crippen LogP contribution in [0.25, 0.3) is 0 Å². The second-order valence-corrected chi connectivity index (χ2v) is 2.44. The van der Waals surface area contributed by atoms with Crippen LogP contribution in [0.15, 0.2) is 12.3 Å². The number of nitrogens with one attached hydrogen (secondary N) is 1. The molecule has 6 heteroatoms. The van der Waals surface area contributed by atoms with E-state index in [0.717, 1.165) is 0 Å². The molecular formula is C6H6ClN3O2. The Balaban J connectivity index is 2.57. The summed E-state index contributed by atoms with van der Waals surface area (Å²) < 4.78 is 0. The molecule has 1 rings (SSSR count). The maximum atomic E-state index is 10.1. The van der Waals surface area contributed by atoms with Gasteiger partial charge in [0.15, 0.2) is 5.82 Å². The molecule has 5 nitrogen and oxygen atoms in total. The molecule has 0 bridgehead atoms. The third kappa shape index (κ3) is 2.71. The number of halogens is 1. The summed E-state index contributed by atoms with van der Waals surface area (Å²) in [6.07, 6.45) is 1.37. The van der Waals surface area contributed by atoms with Crippen molar-refractivity contribution in [2.75, 3.05) is 11.9 Å². The highest BCUT2D eigenvalue weighted by molar-refractivity contribution is 6.30. The van der Waals surface area contributed by atoms with Gasteiger partial charge in [0.25, 0.3) is 0 Å². The van der Waals surface area contributed by atoms with Crippen LogP contribution in [-0.4, -0.2) is 27.8 Å². The molecule has 0 atom stereocenters. The van der Waals surface area contributed by atoms with Crippen molar-refractivity contribution in [3.63, 3.8) is 0 Å². The van der Waals surface area contributed by atoms with Gasteiger partial charge in [0.2, 0.25) is 0 Å². The lowest BCUT2D eigenvalue weighted by Crippen LogP contribution is -2.13. The van der Waals surface area contributed by atoms with Crippen LogP contribution in [-0.2, 0) is 4.79 Å². The third-order valence-electron chi connectivity index (χ3n) is 1.04. The maximum Gasteiger partial charge on any atom is 0.322 e. The highest BCUT2D eigenvalue weighted by Crippen LogP contribution is 2.09. The maximum absolute atomic E-state index is 10.1. The van der Waals surface area contributed by atoms with Crippen molar-refractivity contribution in [3.8, 4) is 0 Å². The summed E-state index contributed by atoms with van der Waals surface area (Å²) in [7, 11) is 0. The van der Waals surface area contributed by atoms with Gasteiger partial charge in [-0.3, -0.25) is 4.79 Å².